The third-order valence-corrected chi connectivity index (χ3v) is 4.29. The van der Waals surface area contributed by atoms with Crippen LogP contribution in [0.15, 0.2) is 34.2 Å². The number of H-pyrrole nitrogens is 1. The van der Waals surface area contributed by atoms with E-state index in [4.69, 9.17) is 0 Å². The molecule has 0 radical (unpaired) electrons. The number of rotatable bonds is 4. The molecule has 96 valence electrons. The van der Waals surface area contributed by atoms with Crippen LogP contribution >= 0.6 is 27.3 Å². The van der Waals surface area contributed by atoms with Crippen LogP contribution in [0, 0.1) is 0 Å². The molecule has 0 aliphatic carbocycles. The number of halogens is 1. The highest BCUT2D eigenvalue weighted by Gasteiger charge is 2.19. The first kappa shape index (κ1) is 13.4. The Morgan fingerprint density at radius 2 is 2.39 bits per heavy atom. The fourth-order valence-corrected chi connectivity index (χ4v) is 2.91. The predicted octanol–water partition coefficient (Wildman–Crippen LogP) is 3.54. The highest BCUT2D eigenvalue weighted by Crippen LogP contribution is 2.16. The van der Waals surface area contributed by atoms with E-state index < -0.39 is 0 Å². The van der Waals surface area contributed by atoms with E-state index in [1.807, 2.05) is 13.1 Å². The van der Waals surface area contributed by atoms with Crippen LogP contribution in [0.4, 0.5) is 0 Å². The smallest absolute Gasteiger partial charge is 0.270 e. The number of thiophene rings is 1. The summed E-state index contributed by atoms with van der Waals surface area (Å²) >= 11 is 5.06. The molecule has 2 rings (SSSR count). The van der Waals surface area contributed by atoms with Crippen molar-refractivity contribution in [1.29, 1.82) is 0 Å². The van der Waals surface area contributed by atoms with Crippen molar-refractivity contribution in [3.05, 3.63) is 44.8 Å². The second kappa shape index (κ2) is 5.71. The summed E-state index contributed by atoms with van der Waals surface area (Å²) in [5.74, 6) is 0.0183. The molecule has 1 N–H and O–H groups in total. The third kappa shape index (κ3) is 3.03. The number of likely N-dealkylation sites (N-methyl/N-ethyl adjacent to an activating group) is 1. The Labute approximate surface area is 119 Å². The molecule has 2 heterocycles. The molecule has 2 aromatic heterocycles. The lowest BCUT2D eigenvalue weighted by molar-refractivity contribution is 0.0738. The van der Waals surface area contributed by atoms with E-state index in [9.17, 15) is 4.79 Å². The molecule has 0 spiro atoms. The summed E-state index contributed by atoms with van der Waals surface area (Å²) in [7, 11) is 1.84. The highest BCUT2D eigenvalue weighted by atomic mass is 79.9. The van der Waals surface area contributed by atoms with Crippen molar-refractivity contribution in [1.82, 2.24) is 9.88 Å². The van der Waals surface area contributed by atoms with Gasteiger partial charge in [0.05, 0.1) is 0 Å². The lowest BCUT2D eigenvalue weighted by atomic mass is 10.2. The average molecular weight is 327 g/mol. The number of nitrogens with one attached hydrogen (secondary N) is 1. The SMILES string of the molecule is CC(Cc1cccs1)N(C)C(=O)c1cc(Br)c[nH]1. The molecular weight excluding hydrogens is 312 g/mol. The summed E-state index contributed by atoms with van der Waals surface area (Å²) in [4.78, 5) is 18.2. The van der Waals surface area contributed by atoms with Crippen LogP contribution in [-0.2, 0) is 6.42 Å². The first-order chi connectivity index (χ1) is 8.58. The second-order valence-corrected chi connectivity index (χ2v) is 6.23. The molecule has 1 unspecified atom stereocenters. The van der Waals surface area contributed by atoms with Gasteiger partial charge in [-0.25, -0.2) is 0 Å². The fourth-order valence-electron chi connectivity index (χ4n) is 1.74. The van der Waals surface area contributed by atoms with Crippen molar-refractivity contribution in [2.75, 3.05) is 7.05 Å². The summed E-state index contributed by atoms with van der Waals surface area (Å²) in [5, 5.41) is 2.06. The zero-order chi connectivity index (χ0) is 13.1. The van der Waals surface area contributed by atoms with Crippen molar-refractivity contribution in [2.45, 2.75) is 19.4 Å². The Bertz CT molecular complexity index is 521. The van der Waals surface area contributed by atoms with E-state index in [0.29, 0.717) is 5.69 Å². The quantitative estimate of drug-likeness (QED) is 0.916. The van der Waals surface area contributed by atoms with Gasteiger partial charge in [0.2, 0.25) is 0 Å². The Morgan fingerprint density at radius 3 is 2.94 bits per heavy atom. The van der Waals surface area contributed by atoms with Gasteiger partial charge in [0.15, 0.2) is 0 Å². The molecule has 0 fully saturated rings. The average Bonchev–Trinajstić information content (AvgIpc) is 2.98. The number of carbonyl (C=O) groups excluding carboxylic acids is 1. The molecule has 0 aliphatic heterocycles. The minimum atomic E-state index is 0.0183. The normalized spacial score (nSPS) is 12.4. The number of aromatic nitrogens is 1. The maximum atomic E-state index is 12.2. The monoisotopic (exact) mass is 326 g/mol. The standard InChI is InChI=1S/C13H15BrN2OS/c1-9(6-11-4-3-5-18-11)16(2)13(17)12-7-10(14)8-15-12/h3-5,7-9,15H,6H2,1-2H3. The highest BCUT2D eigenvalue weighted by molar-refractivity contribution is 9.10. The van der Waals surface area contributed by atoms with Gasteiger partial charge in [0, 0.05) is 35.1 Å². The van der Waals surface area contributed by atoms with Crippen LogP contribution in [0.3, 0.4) is 0 Å². The van der Waals surface area contributed by atoms with Gasteiger partial charge in [-0.05, 0) is 40.4 Å². The van der Waals surface area contributed by atoms with E-state index in [-0.39, 0.29) is 11.9 Å². The molecular formula is C13H15BrN2OS. The molecule has 2 aromatic rings. The van der Waals surface area contributed by atoms with Crippen molar-refractivity contribution in [2.24, 2.45) is 0 Å². The summed E-state index contributed by atoms with van der Waals surface area (Å²) in [5.41, 5.74) is 0.613. The van der Waals surface area contributed by atoms with Gasteiger partial charge >= 0.3 is 0 Å². The second-order valence-electron chi connectivity index (χ2n) is 4.28. The van der Waals surface area contributed by atoms with Gasteiger partial charge < -0.3 is 9.88 Å². The van der Waals surface area contributed by atoms with Gasteiger partial charge in [0.1, 0.15) is 5.69 Å². The lowest BCUT2D eigenvalue weighted by Gasteiger charge is -2.24. The fraction of sp³-hybridized carbons (Fsp3) is 0.308. The van der Waals surface area contributed by atoms with Crippen molar-refractivity contribution in [3.8, 4) is 0 Å². The van der Waals surface area contributed by atoms with E-state index in [2.05, 4.69) is 39.3 Å². The van der Waals surface area contributed by atoms with Crippen LogP contribution in [0.1, 0.15) is 22.3 Å². The van der Waals surface area contributed by atoms with E-state index in [1.165, 1.54) is 4.88 Å². The summed E-state index contributed by atoms with van der Waals surface area (Å²) in [6.07, 6.45) is 2.66. The predicted molar refractivity (Wildman–Crippen MR) is 78.1 cm³/mol. The molecule has 3 nitrogen and oxygen atoms in total. The maximum Gasteiger partial charge on any atom is 0.270 e. The number of nitrogens with zero attached hydrogens (tertiary/aromatic N) is 1. The van der Waals surface area contributed by atoms with Crippen LogP contribution in [0.2, 0.25) is 0 Å². The summed E-state index contributed by atoms with van der Waals surface area (Å²) in [6, 6.07) is 6.12. The molecule has 0 aromatic carbocycles. The Hall–Kier alpha value is -1.07. The number of amides is 1. The molecule has 0 bridgehead atoms. The molecule has 1 atom stereocenters. The van der Waals surface area contributed by atoms with E-state index >= 15 is 0 Å². The molecule has 5 heteroatoms. The molecule has 0 saturated heterocycles. The number of hydrogen-bond donors (Lipinski definition) is 1. The van der Waals surface area contributed by atoms with Gasteiger partial charge in [-0.1, -0.05) is 6.07 Å². The first-order valence-electron chi connectivity index (χ1n) is 5.71. The van der Waals surface area contributed by atoms with E-state index in [1.54, 1.807) is 28.5 Å². The Kier molecular flexibility index (Phi) is 4.24. The number of carbonyl (C=O) groups is 1. The van der Waals surface area contributed by atoms with E-state index in [0.717, 1.165) is 10.9 Å². The van der Waals surface area contributed by atoms with Gasteiger partial charge in [-0.3, -0.25) is 4.79 Å². The van der Waals surface area contributed by atoms with Crippen molar-refractivity contribution in [3.63, 3.8) is 0 Å². The van der Waals surface area contributed by atoms with Crippen molar-refractivity contribution >= 4 is 33.2 Å². The summed E-state index contributed by atoms with van der Waals surface area (Å²) in [6.45, 7) is 2.07. The lowest BCUT2D eigenvalue weighted by Crippen LogP contribution is -2.36. The third-order valence-electron chi connectivity index (χ3n) is 2.94. The first-order valence-corrected chi connectivity index (χ1v) is 7.38. The Morgan fingerprint density at radius 1 is 1.61 bits per heavy atom. The van der Waals surface area contributed by atoms with Crippen LogP contribution in [0.25, 0.3) is 0 Å². The number of aromatic amines is 1. The van der Waals surface area contributed by atoms with Gasteiger partial charge in [-0.15, -0.1) is 11.3 Å². The summed E-state index contributed by atoms with van der Waals surface area (Å²) < 4.78 is 0.894. The Balaban J connectivity index is 2.02. The minimum Gasteiger partial charge on any atom is -0.356 e. The maximum absolute atomic E-state index is 12.2. The topological polar surface area (TPSA) is 36.1 Å². The van der Waals surface area contributed by atoms with Crippen LogP contribution in [-0.4, -0.2) is 28.9 Å². The van der Waals surface area contributed by atoms with Gasteiger partial charge in [-0.2, -0.15) is 0 Å². The van der Waals surface area contributed by atoms with Crippen molar-refractivity contribution < 1.29 is 4.79 Å². The van der Waals surface area contributed by atoms with Crippen LogP contribution < -0.4 is 0 Å². The zero-order valence-corrected chi connectivity index (χ0v) is 12.7. The van der Waals surface area contributed by atoms with Crippen LogP contribution in [0.5, 0.6) is 0 Å². The zero-order valence-electron chi connectivity index (χ0n) is 10.3. The molecule has 18 heavy (non-hydrogen) atoms. The van der Waals surface area contributed by atoms with Gasteiger partial charge in [0.25, 0.3) is 5.91 Å². The molecule has 0 aliphatic rings. The minimum absolute atomic E-state index is 0.0183. The number of hydrogen-bond acceptors (Lipinski definition) is 2. The molecule has 0 saturated carbocycles. The largest absolute Gasteiger partial charge is 0.356 e. The molecule has 1 amide bonds.